The van der Waals surface area contributed by atoms with Crippen molar-refractivity contribution in [2.75, 3.05) is 6.73 Å². The van der Waals surface area contributed by atoms with E-state index in [1.165, 1.54) is 0 Å². The molecule has 9 heavy (non-hydrogen) atoms. The first kappa shape index (κ1) is 9.30. The largest absolute Gasteiger partial charge is 0.384 e. The Balaban J connectivity index is 4.03. The summed E-state index contributed by atoms with van der Waals surface area (Å²) in [5.41, 5.74) is 5.06. The van der Waals surface area contributed by atoms with Crippen LogP contribution in [0, 0.1) is 0 Å². The number of aliphatic imine (C=N–C) groups is 1. The Morgan fingerprint density at radius 1 is 1.56 bits per heavy atom. The van der Waals surface area contributed by atoms with Crippen LogP contribution in [0.2, 0.25) is 0 Å². The quantitative estimate of drug-likeness (QED) is 0.363. The van der Waals surface area contributed by atoms with Gasteiger partial charge in [0.15, 0.2) is 0 Å². The molecule has 0 saturated carbocycles. The van der Waals surface area contributed by atoms with Gasteiger partial charge in [-0.25, -0.2) is 4.99 Å². The van der Waals surface area contributed by atoms with E-state index >= 15 is 0 Å². The van der Waals surface area contributed by atoms with E-state index in [9.17, 15) is 0 Å². The van der Waals surface area contributed by atoms with Gasteiger partial charge in [0.1, 0.15) is 12.6 Å². The molecule has 0 aliphatic carbocycles. The van der Waals surface area contributed by atoms with Crippen molar-refractivity contribution >= 4 is 40.6 Å². The van der Waals surface area contributed by atoms with Crippen molar-refractivity contribution in [1.82, 2.24) is 0 Å². The molecule has 54 valence electrons. The van der Waals surface area contributed by atoms with Crippen LogP contribution in [0.1, 0.15) is 0 Å². The van der Waals surface area contributed by atoms with E-state index in [0.29, 0.717) is 0 Å². The monoisotopic (exact) mass is 190 g/mol. The first-order valence-electron chi connectivity index (χ1n) is 1.96. The zero-order chi connectivity index (χ0) is 7.49. The molecule has 0 aliphatic rings. The van der Waals surface area contributed by atoms with Gasteiger partial charge in [-0.05, 0) is 0 Å². The number of hydrogen-bond acceptors (Lipinski definition) is 2. The highest BCUT2D eigenvalue weighted by Crippen LogP contribution is 2.25. The third-order valence-corrected chi connectivity index (χ3v) is 1.11. The lowest BCUT2D eigenvalue weighted by atomic mass is 10.7. The van der Waals surface area contributed by atoms with E-state index in [0.717, 1.165) is 0 Å². The molecule has 0 amide bonds. The van der Waals surface area contributed by atoms with E-state index in [1.54, 1.807) is 0 Å². The Hall–Kier alpha value is 0.300. The van der Waals surface area contributed by atoms with Gasteiger partial charge >= 0.3 is 0 Å². The Kier molecular flexibility index (Phi) is 3.58. The summed E-state index contributed by atoms with van der Waals surface area (Å²) in [5.74, 6) is -0.213. The maximum atomic E-state index is 8.16. The number of halogens is 3. The molecule has 0 aromatic carbocycles. The molecule has 0 bridgehead atoms. The number of amidine groups is 1. The first-order chi connectivity index (χ1) is 3.98. The van der Waals surface area contributed by atoms with Crippen LogP contribution in [-0.2, 0) is 0 Å². The van der Waals surface area contributed by atoms with Gasteiger partial charge in [-0.15, -0.1) is 0 Å². The molecule has 0 rings (SSSR count). The summed E-state index contributed by atoms with van der Waals surface area (Å²) in [5, 5.41) is 8.16. The highest BCUT2D eigenvalue weighted by Gasteiger charge is 2.24. The third kappa shape index (κ3) is 3.81. The Labute approximate surface area is 67.4 Å². The number of alkyl halides is 3. The lowest BCUT2D eigenvalue weighted by Gasteiger charge is -2.07. The topological polar surface area (TPSA) is 58.6 Å². The van der Waals surface area contributed by atoms with E-state index in [-0.39, 0.29) is 5.84 Å². The van der Waals surface area contributed by atoms with Gasteiger partial charge in [-0.1, -0.05) is 34.8 Å². The molecule has 0 saturated heterocycles. The molecule has 6 heteroatoms. The number of nitrogens with two attached hydrogens (primary N) is 1. The summed E-state index contributed by atoms with van der Waals surface area (Å²) in [6.45, 7) is -0.472. The van der Waals surface area contributed by atoms with Gasteiger partial charge in [0.25, 0.3) is 0 Å². The van der Waals surface area contributed by atoms with Crippen LogP contribution in [0.5, 0.6) is 0 Å². The average Bonchev–Trinajstić information content (AvgIpc) is 1.64. The Morgan fingerprint density at radius 3 is 2.11 bits per heavy atom. The summed E-state index contributed by atoms with van der Waals surface area (Å²) < 4.78 is -1.71. The number of rotatable bonds is 1. The fourth-order valence-electron chi connectivity index (χ4n) is 0.166. The van der Waals surface area contributed by atoms with E-state index in [4.69, 9.17) is 45.6 Å². The molecule has 0 atom stereocenters. The smallest absolute Gasteiger partial charge is 0.247 e. The van der Waals surface area contributed by atoms with Crippen molar-refractivity contribution in [1.29, 1.82) is 0 Å². The summed E-state index contributed by atoms with van der Waals surface area (Å²) in [7, 11) is 0. The molecule has 0 unspecified atom stereocenters. The highest BCUT2D eigenvalue weighted by molar-refractivity contribution is 6.76. The van der Waals surface area contributed by atoms with Gasteiger partial charge < -0.3 is 10.8 Å². The second kappa shape index (κ2) is 3.46. The van der Waals surface area contributed by atoms with Crippen molar-refractivity contribution in [3.8, 4) is 0 Å². The fraction of sp³-hybridized carbons (Fsp3) is 0.667. The third-order valence-electron chi connectivity index (χ3n) is 0.531. The predicted molar refractivity (Wildman–Crippen MR) is 39.0 cm³/mol. The van der Waals surface area contributed by atoms with E-state index < -0.39 is 10.5 Å². The standard InChI is InChI=1S/C3H5Cl3N2O/c4-3(5,6)2(7)8-1-9/h9H,1H2,(H2,7,8). The number of nitrogens with zero attached hydrogens (tertiary/aromatic N) is 1. The molecule has 3 nitrogen and oxygen atoms in total. The van der Waals surface area contributed by atoms with Crippen LogP contribution < -0.4 is 5.73 Å². The zero-order valence-corrected chi connectivity index (χ0v) is 6.58. The minimum absolute atomic E-state index is 0.213. The summed E-state index contributed by atoms with van der Waals surface area (Å²) in [6.07, 6.45) is 0. The maximum absolute atomic E-state index is 8.16. The number of aliphatic hydroxyl groups is 1. The molecule has 0 aromatic heterocycles. The Morgan fingerprint density at radius 2 is 2.00 bits per heavy atom. The minimum atomic E-state index is -1.71. The first-order valence-corrected chi connectivity index (χ1v) is 3.10. The molecule has 0 aromatic rings. The molecule has 0 aliphatic heterocycles. The lowest BCUT2D eigenvalue weighted by molar-refractivity contribution is 0.309. The fourth-order valence-corrected chi connectivity index (χ4v) is 0.345. The molecule has 0 radical (unpaired) electrons. The van der Waals surface area contributed by atoms with Gasteiger partial charge in [0.05, 0.1) is 0 Å². The van der Waals surface area contributed by atoms with Crippen LogP contribution in [0.4, 0.5) is 0 Å². The SMILES string of the molecule is NC(=NCO)C(Cl)(Cl)Cl. The molecule has 0 spiro atoms. The van der Waals surface area contributed by atoms with Crippen LogP contribution in [0.3, 0.4) is 0 Å². The summed E-state index contributed by atoms with van der Waals surface area (Å²) >= 11 is 15.7. The van der Waals surface area contributed by atoms with Gasteiger partial charge in [0, 0.05) is 0 Å². The summed E-state index contributed by atoms with van der Waals surface area (Å²) in [4.78, 5) is 3.25. The molecule has 0 fully saturated rings. The normalized spacial score (nSPS) is 14.0. The second-order valence-corrected chi connectivity index (χ2v) is 3.46. The molecule has 3 N–H and O–H groups in total. The molecular weight excluding hydrogens is 186 g/mol. The van der Waals surface area contributed by atoms with Crippen LogP contribution in [-0.4, -0.2) is 21.5 Å². The number of aliphatic hydroxyl groups excluding tert-OH is 1. The second-order valence-electron chi connectivity index (χ2n) is 1.18. The van der Waals surface area contributed by atoms with Gasteiger partial charge in [-0.3, -0.25) is 0 Å². The van der Waals surface area contributed by atoms with Crippen molar-refractivity contribution < 1.29 is 5.11 Å². The van der Waals surface area contributed by atoms with Crippen LogP contribution in [0.15, 0.2) is 4.99 Å². The molecular formula is C3H5Cl3N2O. The lowest BCUT2D eigenvalue weighted by Crippen LogP contribution is -2.28. The van der Waals surface area contributed by atoms with E-state index in [2.05, 4.69) is 4.99 Å². The van der Waals surface area contributed by atoms with Gasteiger partial charge in [0.2, 0.25) is 3.79 Å². The van der Waals surface area contributed by atoms with Crippen molar-refractivity contribution in [3.63, 3.8) is 0 Å². The minimum Gasteiger partial charge on any atom is -0.384 e. The van der Waals surface area contributed by atoms with Crippen LogP contribution >= 0.6 is 34.8 Å². The zero-order valence-electron chi connectivity index (χ0n) is 4.31. The van der Waals surface area contributed by atoms with Crippen molar-refractivity contribution in [3.05, 3.63) is 0 Å². The van der Waals surface area contributed by atoms with Crippen molar-refractivity contribution in [2.24, 2.45) is 10.7 Å². The molecule has 0 heterocycles. The van der Waals surface area contributed by atoms with Crippen molar-refractivity contribution in [2.45, 2.75) is 3.79 Å². The Bertz CT molecular complexity index is 119. The van der Waals surface area contributed by atoms with E-state index in [1.807, 2.05) is 0 Å². The maximum Gasteiger partial charge on any atom is 0.247 e. The van der Waals surface area contributed by atoms with Gasteiger partial charge in [-0.2, -0.15) is 0 Å². The average molecular weight is 191 g/mol. The predicted octanol–water partition coefficient (Wildman–Crippen LogP) is 0.664. The summed E-state index contributed by atoms with van der Waals surface area (Å²) in [6, 6.07) is 0. The van der Waals surface area contributed by atoms with Crippen LogP contribution in [0.25, 0.3) is 0 Å². The highest BCUT2D eigenvalue weighted by atomic mass is 35.6. The number of hydrogen-bond donors (Lipinski definition) is 2.